The maximum absolute atomic E-state index is 10.9. The molecule has 0 aromatic carbocycles. The summed E-state index contributed by atoms with van der Waals surface area (Å²) in [6.07, 6.45) is 1.12. The van der Waals surface area contributed by atoms with Gasteiger partial charge in [-0.15, -0.1) is 0 Å². The molecule has 0 spiro atoms. The van der Waals surface area contributed by atoms with Crippen molar-refractivity contribution in [3.05, 3.63) is 0 Å². The monoisotopic (exact) mass is 159 g/mol. The van der Waals surface area contributed by atoms with E-state index < -0.39 is 0 Å². The number of carbonyl (C=O) groups is 1. The first kappa shape index (κ1) is 8.49. The van der Waals surface area contributed by atoms with Crippen LogP contribution in [0, 0.1) is 0 Å². The van der Waals surface area contributed by atoms with Crippen LogP contribution < -0.4 is 5.73 Å². The van der Waals surface area contributed by atoms with Crippen LogP contribution in [0.2, 0.25) is 0 Å². The molecule has 1 saturated heterocycles. The van der Waals surface area contributed by atoms with Crippen LogP contribution in [0.1, 0.15) is 12.8 Å². The average molecular weight is 159 g/mol. The zero-order chi connectivity index (χ0) is 8.27. The van der Waals surface area contributed by atoms with Gasteiger partial charge in [-0.05, 0) is 12.8 Å². The molecular formula is C7H13NO3. The quantitative estimate of drug-likeness (QED) is 0.532. The minimum Gasteiger partial charge on any atom is -0.467 e. The molecule has 1 rings (SSSR count). The van der Waals surface area contributed by atoms with E-state index in [4.69, 9.17) is 10.5 Å². The van der Waals surface area contributed by atoms with Crippen molar-refractivity contribution >= 4 is 5.97 Å². The lowest BCUT2D eigenvalue weighted by Gasteiger charge is -2.24. The number of esters is 1. The summed E-state index contributed by atoms with van der Waals surface area (Å²) < 4.78 is 9.66. The fourth-order valence-corrected chi connectivity index (χ4v) is 1.09. The lowest BCUT2D eigenvalue weighted by atomic mass is 10.1. The van der Waals surface area contributed by atoms with E-state index in [-0.39, 0.29) is 18.1 Å². The second kappa shape index (κ2) is 3.69. The van der Waals surface area contributed by atoms with E-state index in [1.165, 1.54) is 7.11 Å². The molecule has 0 aromatic rings. The normalized spacial score (nSPS) is 31.5. The van der Waals surface area contributed by atoms with Gasteiger partial charge in [0.15, 0.2) is 6.10 Å². The third-order valence-electron chi connectivity index (χ3n) is 1.78. The summed E-state index contributed by atoms with van der Waals surface area (Å²) in [7, 11) is 1.36. The van der Waals surface area contributed by atoms with Gasteiger partial charge in [-0.1, -0.05) is 0 Å². The van der Waals surface area contributed by atoms with Gasteiger partial charge in [0.1, 0.15) is 0 Å². The van der Waals surface area contributed by atoms with Gasteiger partial charge in [-0.25, -0.2) is 4.79 Å². The van der Waals surface area contributed by atoms with E-state index in [1.54, 1.807) is 0 Å². The van der Waals surface area contributed by atoms with Crippen molar-refractivity contribution in [3.8, 4) is 0 Å². The maximum Gasteiger partial charge on any atom is 0.334 e. The highest BCUT2D eigenvalue weighted by molar-refractivity contribution is 5.74. The van der Waals surface area contributed by atoms with Gasteiger partial charge >= 0.3 is 5.97 Å². The second-order valence-electron chi connectivity index (χ2n) is 2.68. The maximum atomic E-state index is 10.9. The van der Waals surface area contributed by atoms with E-state index in [0.29, 0.717) is 13.0 Å². The Balaban J connectivity index is 2.33. The molecule has 2 N–H and O–H groups in total. The Bertz CT molecular complexity index is 141. The van der Waals surface area contributed by atoms with Crippen molar-refractivity contribution < 1.29 is 14.3 Å². The number of methoxy groups -OCH3 is 1. The van der Waals surface area contributed by atoms with Crippen LogP contribution >= 0.6 is 0 Å². The van der Waals surface area contributed by atoms with Crippen molar-refractivity contribution in [2.45, 2.75) is 25.0 Å². The Morgan fingerprint density at radius 3 is 2.82 bits per heavy atom. The SMILES string of the molecule is COC(=O)C1CCC(N)CO1. The van der Waals surface area contributed by atoms with E-state index in [9.17, 15) is 4.79 Å². The van der Waals surface area contributed by atoms with Crippen molar-refractivity contribution in [3.63, 3.8) is 0 Å². The van der Waals surface area contributed by atoms with E-state index in [1.807, 2.05) is 0 Å². The summed E-state index contributed by atoms with van der Waals surface area (Å²) >= 11 is 0. The number of rotatable bonds is 1. The summed E-state index contributed by atoms with van der Waals surface area (Å²) in [5, 5.41) is 0. The van der Waals surface area contributed by atoms with Crippen molar-refractivity contribution in [2.24, 2.45) is 5.73 Å². The molecular weight excluding hydrogens is 146 g/mol. The van der Waals surface area contributed by atoms with Crippen molar-refractivity contribution in [1.82, 2.24) is 0 Å². The van der Waals surface area contributed by atoms with Crippen LogP contribution in [-0.2, 0) is 14.3 Å². The lowest BCUT2D eigenvalue weighted by Crippen LogP contribution is -2.39. The van der Waals surface area contributed by atoms with Crippen LogP contribution in [0.5, 0.6) is 0 Å². The molecule has 0 aliphatic carbocycles. The summed E-state index contributed by atoms with van der Waals surface area (Å²) in [4.78, 5) is 10.9. The molecule has 4 nitrogen and oxygen atoms in total. The van der Waals surface area contributed by atoms with Gasteiger partial charge in [-0.2, -0.15) is 0 Å². The molecule has 0 radical (unpaired) electrons. The largest absolute Gasteiger partial charge is 0.467 e. The highest BCUT2D eigenvalue weighted by Gasteiger charge is 2.25. The van der Waals surface area contributed by atoms with Crippen LogP contribution in [-0.4, -0.2) is 31.8 Å². The predicted octanol–water partition coefficient (Wildman–Crippen LogP) is -0.334. The Hall–Kier alpha value is -0.610. The molecule has 64 valence electrons. The van der Waals surface area contributed by atoms with Crippen molar-refractivity contribution in [1.29, 1.82) is 0 Å². The molecule has 1 heterocycles. The molecule has 1 fully saturated rings. The van der Waals surface area contributed by atoms with Crippen LogP contribution in [0.25, 0.3) is 0 Å². The zero-order valence-electron chi connectivity index (χ0n) is 6.58. The summed E-state index contributed by atoms with van der Waals surface area (Å²) in [6, 6.07) is 0.0795. The third kappa shape index (κ3) is 2.17. The smallest absolute Gasteiger partial charge is 0.334 e. The van der Waals surface area contributed by atoms with Gasteiger partial charge in [0, 0.05) is 6.04 Å². The minimum atomic E-state index is -0.389. The Morgan fingerprint density at radius 1 is 1.64 bits per heavy atom. The molecule has 0 saturated carbocycles. The number of ether oxygens (including phenoxy) is 2. The predicted molar refractivity (Wildman–Crippen MR) is 39.0 cm³/mol. The van der Waals surface area contributed by atoms with Gasteiger partial charge in [0.05, 0.1) is 13.7 Å². The Labute approximate surface area is 65.7 Å². The van der Waals surface area contributed by atoms with Gasteiger partial charge in [0.2, 0.25) is 0 Å². The fourth-order valence-electron chi connectivity index (χ4n) is 1.09. The topological polar surface area (TPSA) is 61.5 Å². The molecule has 2 atom stereocenters. The number of carbonyl (C=O) groups excluding carboxylic acids is 1. The molecule has 11 heavy (non-hydrogen) atoms. The lowest BCUT2D eigenvalue weighted by molar-refractivity contribution is -0.157. The summed E-state index contributed by atoms with van der Waals surface area (Å²) in [6.45, 7) is 0.458. The molecule has 0 amide bonds. The first-order chi connectivity index (χ1) is 5.24. The molecule has 0 bridgehead atoms. The van der Waals surface area contributed by atoms with Crippen LogP contribution in [0.3, 0.4) is 0 Å². The van der Waals surface area contributed by atoms with Gasteiger partial charge < -0.3 is 15.2 Å². The molecule has 0 aromatic heterocycles. The van der Waals surface area contributed by atoms with E-state index in [0.717, 1.165) is 6.42 Å². The first-order valence-corrected chi connectivity index (χ1v) is 3.69. The first-order valence-electron chi connectivity index (χ1n) is 3.69. The molecule has 4 heteroatoms. The Morgan fingerprint density at radius 2 is 2.36 bits per heavy atom. The highest BCUT2D eigenvalue weighted by atomic mass is 16.6. The van der Waals surface area contributed by atoms with Crippen LogP contribution in [0.15, 0.2) is 0 Å². The van der Waals surface area contributed by atoms with Gasteiger partial charge in [-0.3, -0.25) is 0 Å². The minimum absolute atomic E-state index is 0.0795. The van der Waals surface area contributed by atoms with E-state index in [2.05, 4.69) is 4.74 Å². The van der Waals surface area contributed by atoms with Gasteiger partial charge in [0.25, 0.3) is 0 Å². The van der Waals surface area contributed by atoms with E-state index >= 15 is 0 Å². The number of nitrogens with two attached hydrogens (primary N) is 1. The van der Waals surface area contributed by atoms with Crippen molar-refractivity contribution in [2.75, 3.05) is 13.7 Å². The molecule has 1 aliphatic heterocycles. The van der Waals surface area contributed by atoms with Crippen LogP contribution in [0.4, 0.5) is 0 Å². The zero-order valence-corrected chi connectivity index (χ0v) is 6.58. The summed E-state index contributed by atoms with van der Waals surface area (Å²) in [5.74, 6) is -0.295. The third-order valence-corrected chi connectivity index (χ3v) is 1.78. The standard InChI is InChI=1S/C7H13NO3/c1-10-7(9)6-3-2-5(8)4-11-6/h5-6H,2-4,8H2,1H3. The highest BCUT2D eigenvalue weighted by Crippen LogP contribution is 2.12. The molecule has 1 aliphatic rings. The second-order valence-corrected chi connectivity index (χ2v) is 2.68. The summed E-state index contributed by atoms with van der Waals surface area (Å²) in [5.41, 5.74) is 5.56. The average Bonchev–Trinajstić information content (AvgIpc) is 2.05. The molecule has 2 unspecified atom stereocenters. The Kier molecular flexibility index (Phi) is 2.84. The number of hydrogen-bond acceptors (Lipinski definition) is 4. The fraction of sp³-hybridized carbons (Fsp3) is 0.857. The number of hydrogen-bond donors (Lipinski definition) is 1.